The zero-order valence-corrected chi connectivity index (χ0v) is 13.6. The summed E-state index contributed by atoms with van der Waals surface area (Å²) in [5.74, 6) is 0.853. The Morgan fingerprint density at radius 2 is 1.16 bits per heavy atom. The molecule has 0 spiro atoms. The summed E-state index contributed by atoms with van der Waals surface area (Å²) >= 11 is 0. The molecule has 0 aliphatic carbocycles. The Balaban J connectivity index is 2.91. The molecular weight excluding hydrogens is 232 g/mol. The van der Waals surface area contributed by atoms with Crippen molar-refractivity contribution in [3.8, 4) is 0 Å². The standard InChI is InChI=1S/C17H38N2/c1-17(2)13-12-16-19-15-11-9-7-5-3-4-6-8-10-14-18/h17,19H,3-16,18H2,1-2H3. The summed E-state index contributed by atoms with van der Waals surface area (Å²) in [7, 11) is 0. The minimum absolute atomic E-state index is 0.853. The van der Waals surface area contributed by atoms with Gasteiger partial charge in [0.15, 0.2) is 0 Å². The van der Waals surface area contributed by atoms with Crippen LogP contribution in [-0.4, -0.2) is 19.6 Å². The van der Waals surface area contributed by atoms with Gasteiger partial charge in [-0.1, -0.05) is 58.8 Å². The molecule has 2 nitrogen and oxygen atoms in total. The van der Waals surface area contributed by atoms with Crippen LogP contribution in [-0.2, 0) is 0 Å². The number of unbranched alkanes of at least 4 members (excludes halogenated alkanes) is 8. The van der Waals surface area contributed by atoms with E-state index in [4.69, 9.17) is 5.73 Å². The van der Waals surface area contributed by atoms with Crippen molar-refractivity contribution >= 4 is 0 Å². The van der Waals surface area contributed by atoms with Crippen molar-refractivity contribution in [1.29, 1.82) is 0 Å². The fourth-order valence-corrected chi connectivity index (χ4v) is 2.39. The van der Waals surface area contributed by atoms with Gasteiger partial charge in [0.1, 0.15) is 0 Å². The molecule has 0 bridgehead atoms. The highest BCUT2D eigenvalue weighted by atomic mass is 14.8. The first-order chi connectivity index (χ1) is 9.27. The smallest absolute Gasteiger partial charge is 0.00488 e. The second-order valence-corrected chi connectivity index (χ2v) is 6.26. The highest BCUT2D eigenvalue weighted by molar-refractivity contribution is 4.53. The van der Waals surface area contributed by atoms with Gasteiger partial charge in [0.25, 0.3) is 0 Å². The number of hydrogen-bond acceptors (Lipinski definition) is 2. The average Bonchev–Trinajstić information content (AvgIpc) is 2.39. The number of nitrogens with one attached hydrogen (secondary N) is 1. The fraction of sp³-hybridized carbons (Fsp3) is 1.00. The first kappa shape index (κ1) is 18.9. The molecule has 3 N–H and O–H groups in total. The SMILES string of the molecule is CC(C)CCCNCCCCCCCCCCCN. The monoisotopic (exact) mass is 270 g/mol. The molecule has 0 saturated carbocycles. The molecule has 0 atom stereocenters. The molecule has 0 radical (unpaired) electrons. The Bertz CT molecular complexity index is 157. The minimum atomic E-state index is 0.853. The van der Waals surface area contributed by atoms with E-state index >= 15 is 0 Å². The van der Waals surface area contributed by atoms with Crippen molar-refractivity contribution in [1.82, 2.24) is 5.32 Å². The van der Waals surface area contributed by atoms with Crippen LogP contribution in [0.15, 0.2) is 0 Å². The first-order valence-electron chi connectivity index (χ1n) is 8.68. The third-order valence-corrected chi connectivity index (χ3v) is 3.69. The van der Waals surface area contributed by atoms with E-state index in [9.17, 15) is 0 Å². The highest BCUT2D eigenvalue weighted by Gasteiger charge is 1.94. The molecule has 116 valence electrons. The van der Waals surface area contributed by atoms with E-state index in [2.05, 4.69) is 19.2 Å². The molecule has 0 aromatic carbocycles. The fourth-order valence-electron chi connectivity index (χ4n) is 2.39. The second-order valence-electron chi connectivity index (χ2n) is 6.26. The Labute approximate surface area is 121 Å². The normalized spacial score (nSPS) is 11.4. The van der Waals surface area contributed by atoms with Gasteiger partial charge in [0.2, 0.25) is 0 Å². The van der Waals surface area contributed by atoms with Crippen molar-refractivity contribution in [3.05, 3.63) is 0 Å². The first-order valence-corrected chi connectivity index (χ1v) is 8.68. The molecule has 0 fully saturated rings. The van der Waals surface area contributed by atoms with E-state index in [1.807, 2.05) is 0 Å². The van der Waals surface area contributed by atoms with Crippen LogP contribution in [0.1, 0.15) is 84.5 Å². The van der Waals surface area contributed by atoms with Crippen molar-refractivity contribution in [2.45, 2.75) is 84.5 Å². The minimum Gasteiger partial charge on any atom is -0.330 e. The summed E-state index contributed by atoms with van der Waals surface area (Å²) in [4.78, 5) is 0. The third-order valence-electron chi connectivity index (χ3n) is 3.69. The van der Waals surface area contributed by atoms with E-state index in [0.29, 0.717) is 0 Å². The maximum Gasteiger partial charge on any atom is -0.00488 e. The molecule has 0 rings (SSSR count). The van der Waals surface area contributed by atoms with Crippen molar-refractivity contribution in [2.24, 2.45) is 11.7 Å². The number of rotatable bonds is 15. The zero-order valence-electron chi connectivity index (χ0n) is 13.6. The van der Waals surface area contributed by atoms with Crippen LogP contribution in [0.3, 0.4) is 0 Å². The molecule has 0 heterocycles. The molecule has 0 aliphatic heterocycles. The van der Waals surface area contributed by atoms with Gasteiger partial charge in [0.05, 0.1) is 0 Å². The van der Waals surface area contributed by atoms with Crippen molar-refractivity contribution in [3.63, 3.8) is 0 Å². The van der Waals surface area contributed by atoms with Gasteiger partial charge in [0, 0.05) is 0 Å². The molecule has 19 heavy (non-hydrogen) atoms. The molecule has 0 amide bonds. The lowest BCUT2D eigenvalue weighted by molar-refractivity contribution is 0.511. The lowest BCUT2D eigenvalue weighted by Gasteiger charge is -2.06. The van der Waals surface area contributed by atoms with Gasteiger partial charge in [-0.3, -0.25) is 0 Å². The van der Waals surface area contributed by atoms with E-state index in [-0.39, 0.29) is 0 Å². The Kier molecular flexibility index (Phi) is 15.9. The molecule has 2 heteroatoms. The average molecular weight is 271 g/mol. The Hall–Kier alpha value is -0.0800. The lowest BCUT2D eigenvalue weighted by atomic mass is 10.1. The summed E-state index contributed by atoms with van der Waals surface area (Å²) in [5.41, 5.74) is 5.48. The zero-order chi connectivity index (χ0) is 14.2. The van der Waals surface area contributed by atoms with Crippen LogP contribution in [0.4, 0.5) is 0 Å². The van der Waals surface area contributed by atoms with Gasteiger partial charge >= 0.3 is 0 Å². The van der Waals surface area contributed by atoms with E-state index in [1.165, 1.54) is 83.7 Å². The van der Waals surface area contributed by atoms with Crippen LogP contribution < -0.4 is 11.1 Å². The van der Waals surface area contributed by atoms with Crippen LogP contribution >= 0.6 is 0 Å². The van der Waals surface area contributed by atoms with Crippen LogP contribution in [0.5, 0.6) is 0 Å². The van der Waals surface area contributed by atoms with Gasteiger partial charge < -0.3 is 11.1 Å². The Morgan fingerprint density at radius 1 is 0.684 bits per heavy atom. The van der Waals surface area contributed by atoms with Crippen LogP contribution in [0.2, 0.25) is 0 Å². The van der Waals surface area contributed by atoms with Gasteiger partial charge in [-0.2, -0.15) is 0 Å². The van der Waals surface area contributed by atoms with E-state index in [1.54, 1.807) is 0 Å². The summed E-state index contributed by atoms with van der Waals surface area (Å²) in [6.45, 7) is 7.89. The summed E-state index contributed by atoms with van der Waals surface area (Å²) < 4.78 is 0. The summed E-state index contributed by atoms with van der Waals surface area (Å²) in [6.07, 6.45) is 15.1. The second kappa shape index (κ2) is 16.0. The maximum absolute atomic E-state index is 5.48. The molecule has 0 saturated heterocycles. The molecular formula is C17H38N2. The largest absolute Gasteiger partial charge is 0.330 e. The van der Waals surface area contributed by atoms with Gasteiger partial charge in [-0.25, -0.2) is 0 Å². The molecule has 0 aromatic rings. The molecule has 0 aliphatic rings. The number of nitrogens with two attached hydrogens (primary N) is 1. The summed E-state index contributed by atoms with van der Waals surface area (Å²) in [6, 6.07) is 0. The van der Waals surface area contributed by atoms with Crippen LogP contribution in [0.25, 0.3) is 0 Å². The third kappa shape index (κ3) is 17.9. The number of hydrogen-bond donors (Lipinski definition) is 2. The predicted octanol–water partition coefficient (Wildman–Crippen LogP) is 4.48. The van der Waals surface area contributed by atoms with Crippen LogP contribution in [0, 0.1) is 5.92 Å². The van der Waals surface area contributed by atoms with Gasteiger partial charge in [-0.15, -0.1) is 0 Å². The lowest BCUT2D eigenvalue weighted by Crippen LogP contribution is -2.17. The van der Waals surface area contributed by atoms with Gasteiger partial charge in [-0.05, 0) is 51.2 Å². The topological polar surface area (TPSA) is 38.0 Å². The molecule has 0 aromatic heterocycles. The predicted molar refractivity (Wildman–Crippen MR) is 87.5 cm³/mol. The van der Waals surface area contributed by atoms with E-state index < -0.39 is 0 Å². The van der Waals surface area contributed by atoms with E-state index in [0.717, 1.165) is 12.5 Å². The molecule has 0 unspecified atom stereocenters. The highest BCUT2D eigenvalue weighted by Crippen LogP contribution is 2.09. The Morgan fingerprint density at radius 3 is 1.68 bits per heavy atom. The van der Waals surface area contributed by atoms with Crippen molar-refractivity contribution in [2.75, 3.05) is 19.6 Å². The summed E-state index contributed by atoms with van der Waals surface area (Å²) in [5, 5.41) is 3.55. The van der Waals surface area contributed by atoms with Crippen molar-refractivity contribution < 1.29 is 0 Å². The maximum atomic E-state index is 5.48. The quantitative estimate of drug-likeness (QED) is 0.431.